The van der Waals surface area contributed by atoms with E-state index >= 15 is 0 Å². The van der Waals surface area contributed by atoms with Gasteiger partial charge in [0.2, 0.25) is 5.91 Å². The molecule has 28 heavy (non-hydrogen) atoms. The van der Waals surface area contributed by atoms with E-state index in [1.807, 2.05) is 36.4 Å². The zero-order chi connectivity index (χ0) is 19.5. The number of nitrogens with one attached hydrogen (secondary N) is 1. The monoisotopic (exact) mass is 380 g/mol. The minimum Gasteiger partial charge on any atom is -0.506 e. The summed E-state index contributed by atoms with van der Waals surface area (Å²) in [6, 6.07) is 14.5. The van der Waals surface area contributed by atoms with E-state index in [9.17, 15) is 14.7 Å². The molecule has 2 aromatic rings. The Morgan fingerprint density at radius 2 is 1.57 bits per heavy atom. The van der Waals surface area contributed by atoms with Gasteiger partial charge in [-0.3, -0.25) is 4.79 Å². The molecule has 0 aliphatic carbocycles. The quantitative estimate of drug-likeness (QED) is 0.859. The van der Waals surface area contributed by atoms with Gasteiger partial charge in [-0.25, -0.2) is 4.79 Å². The van der Waals surface area contributed by atoms with Gasteiger partial charge >= 0.3 is 6.03 Å². The number of rotatable bonds is 3. The largest absolute Gasteiger partial charge is 0.506 e. The van der Waals surface area contributed by atoms with E-state index in [4.69, 9.17) is 0 Å². The molecule has 146 valence electrons. The summed E-state index contributed by atoms with van der Waals surface area (Å²) in [6.07, 6.45) is 1.39. The number of carbonyl (C=O) groups is 2. The predicted octanol–water partition coefficient (Wildman–Crippen LogP) is 2.87. The molecule has 2 aromatic carbocycles. The van der Waals surface area contributed by atoms with Gasteiger partial charge in [0.25, 0.3) is 0 Å². The molecule has 0 aromatic heterocycles. The Kier molecular flexibility index (Phi) is 5.06. The lowest BCUT2D eigenvalue weighted by atomic mass is 10.2. The standard InChI is InChI=1S/C21H24N4O3/c26-19-9-4-3-8-18(19)23-12-14-24(15-13-23)21(28)22-16-6-1-2-7-17(16)25-11-5-10-20(25)27/h1-4,6-9,26H,5,10-15H2,(H,22,28). The number of aromatic hydroxyl groups is 1. The summed E-state index contributed by atoms with van der Waals surface area (Å²) in [5.41, 5.74) is 2.21. The molecule has 0 radical (unpaired) electrons. The molecule has 0 bridgehead atoms. The van der Waals surface area contributed by atoms with Crippen LogP contribution in [0.15, 0.2) is 48.5 Å². The van der Waals surface area contributed by atoms with E-state index in [1.165, 1.54) is 0 Å². The van der Waals surface area contributed by atoms with Crippen LogP contribution in [-0.4, -0.2) is 54.7 Å². The van der Waals surface area contributed by atoms with E-state index in [2.05, 4.69) is 10.2 Å². The van der Waals surface area contributed by atoms with Crippen molar-refractivity contribution in [3.63, 3.8) is 0 Å². The van der Waals surface area contributed by atoms with Gasteiger partial charge in [-0.15, -0.1) is 0 Å². The Hall–Kier alpha value is -3.22. The maximum Gasteiger partial charge on any atom is 0.322 e. The number of para-hydroxylation sites is 4. The lowest BCUT2D eigenvalue weighted by Gasteiger charge is -2.36. The van der Waals surface area contributed by atoms with Crippen LogP contribution in [0.25, 0.3) is 0 Å². The lowest BCUT2D eigenvalue weighted by molar-refractivity contribution is -0.117. The van der Waals surface area contributed by atoms with Crippen molar-refractivity contribution in [1.29, 1.82) is 0 Å². The molecular formula is C21H24N4O3. The minimum absolute atomic E-state index is 0.0954. The van der Waals surface area contributed by atoms with Crippen molar-refractivity contribution in [3.05, 3.63) is 48.5 Å². The molecule has 0 unspecified atom stereocenters. The van der Waals surface area contributed by atoms with Gasteiger partial charge in [-0.1, -0.05) is 24.3 Å². The summed E-state index contributed by atoms with van der Waals surface area (Å²) in [5.74, 6) is 0.350. The number of hydrogen-bond acceptors (Lipinski definition) is 4. The fourth-order valence-electron chi connectivity index (χ4n) is 3.79. The third kappa shape index (κ3) is 3.60. The smallest absolute Gasteiger partial charge is 0.322 e. The SMILES string of the molecule is O=C(Nc1ccccc1N1CCCC1=O)N1CCN(c2ccccc2O)CC1. The van der Waals surface area contributed by atoms with Gasteiger partial charge in [0.1, 0.15) is 5.75 Å². The van der Waals surface area contributed by atoms with Crippen LogP contribution in [-0.2, 0) is 4.79 Å². The highest BCUT2D eigenvalue weighted by atomic mass is 16.3. The highest BCUT2D eigenvalue weighted by Gasteiger charge is 2.26. The Bertz CT molecular complexity index is 877. The van der Waals surface area contributed by atoms with Gasteiger partial charge in [-0.05, 0) is 30.7 Å². The van der Waals surface area contributed by atoms with Gasteiger partial charge in [0.05, 0.1) is 17.1 Å². The van der Waals surface area contributed by atoms with Crippen molar-refractivity contribution >= 4 is 29.0 Å². The van der Waals surface area contributed by atoms with E-state index in [1.54, 1.807) is 21.9 Å². The second-order valence-electron chi connectivity index (χ2n) is 7.06. The molecule has 2 aliphatic rings. The topological polar surface area (TPSA) is 76.1 Å². The molecule has 2 N–H and O–H groups in total. The Morgan fingerprint density at radius 1 is 0.893 bits per heavy atom. The normalized spacial score (nSPS) is 17.1. The number of piperazine rings is 1. The van der Waals surface area contributed by atoms with Crippen molar-refractivity contribution < 1.29 is 14.7 Å². The van der Waals surface area contributed by atoms with Crippen molar-refractivity contribution in [2.45, 2.75) is 12.8 Å². The summed E-state index contributed by atoms with van der Waals surface area (Å²) in [6.45, 7) is 3.11. The molecule has 4 rings (SSSR count). The average Bonchev–Trinajstić information content (AvgIpc) is 3.15. The zero-order valence-corrected chi connectivity index (χ0v) is 15.7. The summed E-state index contributed by atoms with van der Waals surface area (Å²) in [5, 5.41) is 13.0. The molecular weight excluding hydrogens is 356 g/mol. The number of benzene rings is 2. The minimum atomic E-state index is -0.170. The first kappa shape index (κ1) is 18.2. The lowest BCUT2D eigenvalue weighted by Crippen LogP contribution is -2.50. The molecule has 0 spiro atoms. The first-order valence-electron chi connectivity index (χ1n) is 9.62. The molecule has 2 heterocycles. The van der Waals surface area contributed by atoms with Crippen LogP contribution in [0.2, 0.25) is 0 Å². The number of nitrogens with zero attached hydrogens (tertiary/aromatic N) is 3. The number of hydrogen-bond donors (Lipinski definition) is 2. The molecule has 2 fully saturated rings. The molecule has 7 heteroatoms. The van der Waals surface area contributed by atoms with Gasteiger partial charge in [0, 0.05) is 39.1 Å². The van der Waals surface area contributed by atoms with Crippen molar-refractivity contribution in [2.24, 2.45) is 0 Å². The van der Waals surface area contributed by atoms with E-state index in [0.717, 1.165) is 17.8 Å². The first-order chi connectivity index (χ1) is 13.6. The third-order valence-electron chi connectivity index (χ3n) is 5.30. The van der Waals surface area contributed by atoms with Crippen LogP contribution >= 0.6 is 0 Å². The third-order valence-corrected chi connectivity index (χ3v) is 5.30. The van der Waals surface area contributed by atoms with Crippen molar-refractivity contribution in [2.75, 3.05) is 47.8 Å². The molecule has 3 amide bonds. The summed E-state index contributed by atoms with van der Waals surface area (Å²) in [7, 11) is 0. The van der Waals surface area contributed by atoms with Gasteiger partial charge < -0.3 is 25.1 Å². The van der Waals surface area contributed by atoms with Gasteiger partial charge in [-0.2, -0.15) is 0 Å². The van der Waals surface area contributed by atoms with Crippen LogP contribution in [0.1, 0.15) is 12.8 Å². The number of urea groups is 1. The highest BCUT2D eigenvalue weighted by molar-refractivity contribution is 6.01. The highest BCUT2D eigenvalue weighted by Crippen LogP contribution is 2.30. The average molecular weight is 380 g/mol. The summed E-state index contributed by atoms with van der Waals surface area (Å²) < 4.78 is 0. The summed E-state index contributed by atoms with van der Waals surface area (Å²) in [4.78, 5) is 30.4. The van der Waals surface area contributed by atoms with Gasteiger partial charge in [0.15, 0.2) is 0 Å². The number of amides is 3. The molecule has 0 atom stereocenters. The van der Waals surface area contributed by atoms with Crippen molar-refractivity contribution in [1.82, 2.24) is 4.90 Å². The van der Waals surface area contributed by atoms with Crippen LogP contribution < -0.4 is 15.1 Å². The van der Waals surface area contributed by atoms with Crippen molar-refractivity contribution in [3.8, 4) is 5.75 Å². The molecule has 2 saturated heterocycles. The number of phenols is 1. The van der Waals surface area contributed by atoms with Crippen LogP contribution in [0.3, 0.4) is 0 Å². The first-order valence-corrected chi connectivity index (χ1v) is 9.62. The Labute approximate surface area is 164 Å². The fourth-order valence-corrected chi connectivity index (χ4v) is 3.79. The fraction of sp³-hybridized carbons (Fsp3) is 0.333. The number of phenolic OH excluding ortho intramolecular Hbond substituents is 1. The van der Waals surface area contributed by atoms with Crippen LogP contribution in [0.4, 0.5) is 21.9 Å². The molecule has 2 aliphatic heterocycles. The molecule has 0 saturated carbocycles. The second kappa shape index (κ2) is 7.80. The second-order valence-corrected chi connectivity index (χ2v) is 7.06. The van der Waals surface area contributed by atoms with E-state index in [0.29, 0.717) is 44.8 Å². The maximum absolute atomic E-state index is 12.8. The predicted molar refractivity (Wildman–Crippen MR) is 109 cm³/mol. The van der Waals surface area contributed by atoms with Crippen LogP contribution in [0.5, 0.6) is 5.75 Å². The summed E-state index contributed by atoms with van der Waals surface area (Å²) >= 11 is 0. The number of anilines is 3. The number of carbonyl (C=O) groups excluding carboxylic acids is 2. The molecule has 7 nitrogen and oxygen atoms in total. The van der Waals surface area contributed by atoms with E-state index < -0.39 is 0 Å². The Morgan fingerprint density at radius 3 is 2.25 bits per heavy atom. The Balaban J connectivity index is 1.41. The van der Waals surface area contributed by atoms with E-state index in [-0.39, 0.29) is 17.7 Å². The van der Waals surface area contributed by atoms with Crippen LogP contribution in [0, 0.1) is 0 Å². The maximum atomic E-state index is 12.8. The zero-order valence-electron chi connectivity index (χ0n) is 15.7.